The van der Waals surface area contributed by atoms with E-state index >= 15 is 0 Å². The quantitative estimate of drug-likeness (QED) is 0.201. The molecule has 0 saturated heterocycles. The molecule has 0 aliphatic rings. The van der Waals surface area contributed by atoms with Crippen molar-refractivity contribution < 1.29 is 18.0 Å². The first-order valence-electron chi connectivity index (χ1n) is 15.2. The SMILES string of the molecule is Cc1ccc(S(=O)(=O)N(CC(=O)N(Cc2cccc(C)c2)C(Cc2ccccc2)C(=O)NC(C)C)c2cc(C)cc(C)c2)cc1. The lowest BCUT2D eigenvalue weighted by atomic mass is 10.0. The van der Waals surface area contributed by atoms with Crippen molar-refractivity contribution in [2.24, 2.45) is 0 Å². The Morgan fingerprint density at radius 1 is 0.711 bits per heavy atom. The van der Waals surface area contributed by atoms with Crippen LogP contribution in [0.5, 0.6) is 0 Å². The zero-order valence-corrected chi connectivity index (χ0v) is 27.8. The van der Waals surface area contributed by atoms with Crippen molar-refractivity contribution in [2.45, 2.75) is 71.5 Å². The monoisotopic (exact) mass is 625 g/mol. The summed E-state index contributed by atoms with van der Waals surface area (Å²) in [5.74, 6) is -0.777. The first kappa shape index (κ1) is 33.5. The van der Waals surface area contributed by atoms with E-state index in [1.165, 1.54) is 9.21 Å². The van der Waals surface area contributed by atoms with Crippen molar-refractivity contribution >= 4 is 27.5 Å². The van der Waals surface area contributed by atoms with Crippen LogP contribution in [-0.2, 0) is 32.6 Å². The van der Waals surface area contributed by atoms with Crippen molar-refractivity contribution in [3.8, 4) is 0 Å². The Labute approximate surface area is 268 Å². The highest BCUT2D eigenvalue weighted by molar-refractivity contribution is 7.92. The molecule has 0 saturated carbocycles. The number of anilines is 1. The van der Waals surface area contributed by atoms with E-state index in [9.17, 15) is 18.0 Å². The molecule has 45 heavy (non-hydrogen) atoms. The van der Waals surface area contributed by atoms with Crippen LogP contribution in [0.2, 0.25) is 0 Å². The minimum absolute atomic E-state index is 0.0867. The molecule has 0 radical (unpaired) electrons. The van der Waals surface area contributed by atoms with Gasteiger partial charge in [-0.05, 0) is 88.1 Å². The topological polar surface area (TPSA) is 86.8 Å². The van der Waals surface area contributed by atoms with E-state index in [1.54, 1.807) is 36.4 Å². The van der Waals surface area contributed by atoms with Crippen LogP contribution in [0.1, 0.15) is 47.2 Å². The Morgan fingerprint density at radius 3 is 1.93 bits per heavy atom. The molecule has 1 N–H and O–H groups in total. The van der Waals surface area contributed by atoms with Gasteiger partial charge in [0.2, 0.25) is 11.8 Å². The van der Waals surface area contributed by atoms with Crippen molar-refractivity contribution in [3.05, 3.63) is 130 Å². The smallest absolute Gasteiger partial charge is 0.264 e. The van der Waals surface area contributed by atoms with Gasteiger partial charge in [-0.1, -0.05) is 83.9 Å². The van der Waals surface area contributed by atoms with Crippen molar-refractivity contribution in [3.63, 3.8) is 0 Å². The second kappa shape index (κ2) is 14.6. The van der Waals surface area contributed by atoms with Crippen LogP contribution in [0, 0.1) is 27.7 Å². The van der Waals surface area contributed by atoms with Crippen LogP contribution >= 0.6 is 0 Å². The summed E-state index contributed by atoms with van der Waals surface area (Å²) in [5.41, 5.74) is 5.81. The fourth-order valence-electron chi connectivity index (χ4n) is 5.40. The van der Waals surface area contributed by atoms with Gasteiger partial charge < -0.3 is 10.2 Å². The van der Waals surface area contributed by atoms with Crippen LogP contribution in [0.3, 0.4) is 0 Å². The Hall–Kier alpha value is -4.43. The van der Waals surface area contributed by atoms with Gasteiger partial charge in [0.15, 0.2) is 0 Å². The molecule has 0 bridgehead atoms. The molecule has 0 heterocycles. The highest BCUT2D eigenvalue weighted by Crippen LogP contribution is 2.27. The number of sulfonamides is 1. The molecule has 1 atom stereocenters. The number of hydrogen-bond acceptors (Lipinski definition) is 4. The third-order valence-electron chi connectivity index (χ3n) is 7.52. The second-order valence-electron chi connectivity index (χ2n) is 12.1. The number of rotatable bonds is 12. The molecule has 7 nitrogen and oxygen atoms in total. The predicted molar refractivity (Wildman–Crippen MR) is 181 cm³/mol. The number of nitrogens with one attached hydrogen (secondary N) is 1. The Morgan fingerprint density at radius 2 is 1.33 bits per heavy atom. The third kappa shape index (κ3) is 8.82. The zero-order chi connectivity index (χ0) is 32.7. The molecule has 0 aliphatic heterocycles. The molecule has 0 spiro atoms. The maximum Gasteiger partial charge on any atom is 0.264 e. The lowest BCUT2D eigenvalue weighted by Crippen LogP contribution is -2.54. The summed E-state index contributed by atoms with van der Waals surface area (Å²) in [5, 5.41) is 2.99. The number of nitrogens with zero attached hydrogens (tertiary/aromatic N) is 2. The average Bonchev–Trinajstić information content (AvgIpc) is 2.97. The van der Waals surface area contributed by atoms with Crippen LogP contribution in [-0.4, -0.2) is 43.8 Å². The summed E-state index contributed by atoms with van der Waals surface area (Å²) in [6.45, 7) is 11.1. The summed E-state index contributed by atoms with van der Waals surface area (Å²) in [6, 6.07) is 28.4. The molecule has 236 valence electrons. The van der Waals surface area contributed by atoms with Gasteiger partial charge in [0.1, 0.15) is 12.6 Å². The van der Waals surface area contributed by atoms with E-state index in [4.69, 9.17) is 0 Å². The van der Waals surface area contributed by atoms with Crippen LogP contribution in [0.25, 0.3) is 0 Å². The Kier molecular flexibility index (Phi) is 10.8. The average molecular weight is 626 g/mol. The Balaban J connectivity index is 1.83. The number of amides is 2. The molecular formula is C37H43N3O4S. The molecule has 4 aromatic rings. The summed E-state index contributed by atoms with van der Waals surface area (Å²) in [7, 11) is -4.15. The van der Waals surface area contributed by atoms with E-state index in [2.05, 4.69) is 5.32 Å². The lowest BCUT2D eigenvalue weighted by molar-refractivity contribution is -0.140. The van der Waals surface area contributed by atoms with Gasteiger partial charge in [-0.3, -0.25) is 13.9 Å². The van der Waals surface area contributed by atoms with E-state index < -0.39 is 28.5 Å². The molecule has 8 heteroatoms. The van der Waals surface area contributed by atoms with Crippen molar-refractivity contribution in [2.75, 3.05) is 10.8 Å². The summed E-state index contributed by atoms with van der Waals surface area (Å²) < 4.78 is 29.7. The molecular weight excluding hydrogens is 582 g/mol. The van der Waals surface area contributed by atoms with E-state index in [0.29, 0.717) is 5.69 Å². The second-order valence-corrected chi connectivity index (χ2v) is 13.9. The minimum atomic E-state index is -4.15. The maximum absolute atomic E-state index is 14.6. The maximum atomic E-state index is 14.6. The minimum Gasteiger partial charge on any atom is -0.352 e. The van der Waals surface area contributed by atoms with Gasteiger partial charge in [0.05, 0.1) is 10.6 Å². The molecule has 2 amide bonds. The normalized spacial score (nSPS) is 12.1. The number of carbonyl (C=O) groups excluding carboxylic acids is 2. The standard InChI is InChI=1S/C37H43N3O4S/c1-26(2)38-37(42)35(23-31-12-8-7-9-13-31)39(24-32-14-10-11-28(4)20-32)36(41)25-40(33-21-29(5)19-30(6)22-33)45(43,44)34-17-15-27(3)16-18-34/h7-22,26,35H,23-25H2,1-6H3,(H,38,42). The fourth-order valence-corrected chi connectivity index (χ4v) is 6.80. The molecule has 1 unspecified atom stereocenters. The first-order valence-corrected chi connectivity index (χ1v) is 16.6. The van der Waals surface area contributed by atoms with Gasteiger partial charge in [0, 0.05) is 19.0 Å². The van der Waals surface area contributed by atoms with E-state index in [-0.39, 0.29) is 29.8 Å². The van der Waals surface area contributed by atoms with Crippen molar-refractivity contribution in [1.29, 1.82) is 0 Å². The fraction of sp³-hybridized carbons (Fsp3) is 0.297. The highest BCUT2D eigenvalue weighted by atomic mass is 32.2. The summed E-state index contributed by atoms with van der Waals surface area (Å²) in [6.07, 6.45) is 0.269. The highest BCUT2D eigenvalue weighted by Gasteiger charge is 2.35. The van der Waals surface area contributed by atoms with E-state index in [1.807, 2.05) is 102 Å². The lowest BCUT2D eigenvalue weighted by Gasteiger charge is -2.34. The van der Waals surface area contributed by atoms with Crippen LogP contribution in [0.4, 0.5) is 5.69 Å². The number of hydrogen-bond donors (Lipinski definition) is 1. The number of benzene rings is 4. The van der Waals surface area contributed by atoms with Crippen LogP contribution in [0.15, 0.2) is 102 Å². The van der Waals surface area contributed by atoms with Gasteiger partial charge in [0.25, 0.3) is 10.0 Å². The van der Waals surface area contributed by atoms with E-state index in [0.717, 1.165) is 33.4 Å². The number of aryl methyl sites for hydroxylation is 4. The molecule has 0 aromatic heterocycles. The summed E-state index contributed by atoms with van der Waals surface area (Å²) >= 11 is 0. The first-order chi connectivity index (χ1) is 21.3. The molecule has 4 rings (SSSR count). The molecule has 4 aromatic carbocycles. The van der Waals surface area contributed by atoms with Gasteiger partial charge >= 0.3 is 0 Å². The van der Waals surface area contributed by atoms with Gasteiger partial charge in [-0.25, -0.2) is 8.42 Å². The molecule has 0 fully saturated rings. The Bertz CT molecular complexity index is 1720. The van der Waals surface area contributed by atoms with Crippen LogP contribution < -0.4 is 9.62 Å². The van der Waals surface area contributed by atoms with Gasteiger partial charge in [-0.2, -0.15) is 0 Å². The largest absolute Gasteiger partial charge is 0.352 e. The summed E-state index contributed by atoms with van der Waals surface area (Å²) in [4.78, 5) is 30.0. The molecule has 0 aliphatic carbocycles. The zero-order valence-electron chi connectivity index (χ0n) is 26.9. The number of carbonyl (C=O) groups is 2. The van der Waals surface area contributed by atoms with Gasteiger partial charge in [-0.15, -0.1) is 0 Å². The third-order valence-corrected chi connectivity index (χ3v) is 9.31. The predicted octanol–water partition coefficient (Wildman–Crippen LogP) is 6.28. The van der Waals surface area contributed by atoms with Crippen molar-refractivity contribution in [1.82, 2.24) is 10.2 Å².